The van der Waals surface area contributed by atoms with Crippen LogP contribution in [0.15, 0.2) is 35.9 Å². The van der Waals surface area contributed by atoms with E-state index in [0.717, 1.165) is 19.3 Å². The van der Waals surface area contributed by atoms with E-state index in [0.29, 0.717) is 24.8 Å². The average Bonchev–Trinajstić information content (AvgIpc) is 2.96. The molecule has 1 aliphatic rings. The first-order valence-corrected chi connectivity index (χ1v) is 11.5. The fraction of sp³-hybridized carbons (Fsp3) is 0.680. The minimum atomic E-state index is -1.86. The fourth-order valence-electron chi connectivity index (χ4n) is 4.15. The van der Waals surface area contributed by atoms with Gasteiger partial charge in [0.1, 0.15) is 11.3 Å². The lowest BCUT2D eigenvalue weighted by atomic mass is 9.84. The number of halogens is 2. The first-order chi connectivity index (χ1) is 14.9. The van der Waals surface area contributed by atoms with Gasteiger partial charge in [-0.25, -0.2) is 8.78 Å². The van der Waals surface area contributed by atoms with Crippen LogP contribution in [0.2, 0.25) is 0 Å². The van der Waals surface area contributed by atoms with E-state index in [1.165, 1.54) is 25.1 Å². The number of benzene rings is 1. The number of rotatable bonds is 12. The van der Waals surface area contributed by atoms with Gasteiger partial charge in [-0.2, -0.15) is 0 Å². The summed E-state index contributed by atoms with van der Waals surface area (Å²) in [4.78, 5) is 0. The third-order valence-corrected chi connectivity index (χ3v) is 6.65. The Kier molecular flexibility index (Phi) is 9.64. The standard InChI is InChI=1S/C25H38F2O5/c1-24(2,32-22-12-9-8-11-19(22)26)25(3,27)15-14-18-17(20(28)16-21(18)29)10-6-4-5-7-13-23(30)31/h8-9,11-12,14,17,20-21,23,28-31H,4-7,10,13,15-16H2,1-3H3/b18-14+/t17-,20+,21-,25?/m1/s1. The minimum Gasteiger partial charge on any atom is -0.481 e. The van der Waals surface area contributed by atoms with Crippen molar-refractivity contribution < 1.29 is 33.9 Å². The third kappa shape index (κ3) is 7.24. The van der Waals surface area contributed by atoms with Gasteiger partial charge in [0.2, 0.25) is 0 Å². The number of aliphatic hydroxyl groups excluding tert-OH is 3. The third-order valence-electron chi connectivity index (χ3n) is 6.65. The van der Waals surface area contributed by atoms with Gasteiger partial charge in [-0.1, -0.05) is 37.5 Å². The molecule has 0 aromatic heterocycles. The summed E-state index contributed by atoms with van der Waals surface area (Å²) in [5.41, 5.74) is -2.54. The van der Waals surface area contributed by atoms with E-state index in [9.17, 15) is 14.6 Å². The van der Waals surface area contributed by atoms with Crippen LogP contribution in [0.5, 0.6) is 5.75 Å². The van der Waals surface area contributed by atoms with Gasteiger partial charge in [-0.15, -0.1) is 0 Å². The Morgan fingerprint density at radius 3 is 2.41 bits per heavy atom. The SMILES string of the molecule is CC(F)(C/C=C1/[C@H](O)C[C@H](O)[C@@H]1CCCCCCC(O)O)C(C)(C)Oc1ccccc1F. The minimum absolute atomic E-state index is 0.0167. The smallest absolute Gasteiger partial charge is 0.165 e. The molecule has 1 aromatic rings. The average molecular weight is 457 g/mol. The maximum Gasteiger partial charge on any atom is 0.165 e. The molecule has 1 unspecified atom stereocenters. The quantitative estimate of drug-likeness (QED) is 0.212. The molecule has 4 N–H and O–H groups in total. The molecule has 2 rings (SSSR count). The Bertz CT molecular complexity index is 748. The molecule has 1 aromatic carbocycles. The Morgan fingerprint density at radius 2 is 1.75 bits per heavy atom. The molecule has 1 aliphatic carbocycles. The van der Waals surface area contributed by atoms with Gasteiger partial charge >= 0.3 is 0 Å². The van der Waals surface area contributed by atoms with Crippen LogP contribution in [0.3, 0.4) is 0 Å². The molecule has 5 nitrogen and oxygen atoms in total. The highest BCUT2D eigenvalue weighted by atomic mass is 19.1. The van der Waals surface area contributed by atoms with Gasteiger partial charge in [-0.3, -0.25) is 0 Å². The zero-order valence-electron chi connectivity index (χ0n) is 19.3. The van der Waals surface area contributed by atoms with Crippen LogP contribution in [-0.2, 0) is 0 Å². The molecule has 0 heterocycles. The number of alkyl halides is 1. The van der Waals surface area contributed by atoms with Crippen LogP contribution in [0.25, 0.3) is 0 Å². The van der Waals surface area contributed by atoms with Crippen LogP contribution in [0.4, 0.5) is 8.78 Å². The number of ether oxygens (including phenoxy) is 1. The van der Waals surface area contributed by atoms with Crippen molar-refractivity contribution in [2.24, 2.45) is 5.92 Å². The van der Waals surface area contributed by atoms with Gasteiger partial charge in [-0.05, 0) is 57.7 Å². The van der Waals surface area contributed by atoms with Crippen molar-refractivity contribution >= 4 is 0 Å². The predicted octanol–water partition coefficient (Wildman–Crippen LogP) is 4.42. The highest BCUT2D eigenvalue weighted by molar-refractivity contribution is 5.26. The van der Waals surface area contributed by atoms with Gasteiger partial charge < -0.3 is 25.2 Å². The molecule has 0 saturated heterocycles. The van der Waals surface area contributed by atoms with Crippen LogP contribution in [-0.4, -0.2) is 50.2 Å². The van der Waals surface area contributed by atoms with Crippen molar-refractivity contribution in [3.8, 4) is 5.75 Å². The van der Waals surface area contributed by atoms with E-state index in [2.05, 4.69) is 0 Å². The second kappa shape index (κ2) is 11.5. The number of para-hydroxylation sites is 1. The topological polar surface area (TPSA) is 90.2 Å². The second-order valence-electron chi connectivity index (χ2n) is 9.55. The first kappa shape index (κ1) is 26.7. The molecule has 0 aliphatic heterocycles. The van der Waals surface area contributed by atoms with Crippen LogP contribution in [0, 0.1) is 11.7 Å². The van der Waals surface area contributed by atoms with E-state index in [4.69, 9.17) is 14.9 Å². The molecule has 4 atom stereocenters. The molecular weight excluding hydrogens is 418 g/mol. The highest BCUT2D eigenvalue weighted by Crippen LogP contribution is 2.40. The van der Waals surface area contributed by atoms with Gasteiger partial charge in [0.25, 0.3) is 0 Å². The van der Waals surface area contributed by atoms with Crippen molar-refractivity contribution in [2.45, 2.75) is 102 Å². The van der Waals surface area contributed by atoms with Crippen molar-refractivity contribution in [1.29, 1.82) is 0 Å². The number of hydrogen-bond acceptors (Lipinski definition) is 5. The molecule has 1 saturated carbocycles. The summed E-state index contributed by atoms with van der Waals surface area (Å²) in [7, 11) is 0. The van der Waals surface area contributed by atoms with Gasteiger partial charge in [0.15, 0.2) is 17.9 Å². The van der Waals surface area contributed by atoms with Gasteiger partial charge in [0.05, 0.1) is 12.2 Å². The summed E-state index contributed by atoms with van der Waals surface area (Å²) in [6.07, 6.45) is 3.36. The van der Waals surface area contributed by atoms with Crippen molar-refractivity contribution in [3.63, 3.8) is 0 Å². The molecule has 32 heavy (non-hydrogen) atoms. The summed E-state index contributed by atoms with van der Waals surface area (Å²) >= 11 is 0. The van der Waals surface area contributed by atoms with Crippen molar-refractivity contribution in [2.75, 3.05) is 0 Å². The normalized spacial score (nSPS) is 24.8. The summed E-state index contributed by atoms with van der Waals surface area (Å²) < 4.78 is 35.3. The summed E-state index contributed by atoms with van der Waals surface area (Å²) in [5.74, 6) is -0.811. The van der Waals surface area contributed by atoms with E-state index in [-0.39, 0.29) is 24.5 Å². The molecule has 1 fully saturated rings. The zero-order valence-corrected chi connectivity index (χ0v) is 19.3. The number of hydrogen-bond donors (Lipinski definition) is 4. The monoisotopic (exact) mass is 456 g/mol. The Hall–Kier alpha value is -1.54. The predicted molar refractivity (Wildman–Crippen MR) is 119 cm³/mol. The Morgan fingerprint density at radius 1 is 1.09 bits per heavy atom. The molecule has 0 spiro atoms. The fourth-order valence-corrected chi connectivity index (χ4v) is 4.15. The molecule has 182 valence electrons. The maximum absolute atomic E-state index is 15.7. The van der Waals surface area contributed by atoms with Crippen LogP contribution < -0.4 is 4.74 Å². The summed E-state index contributed by atoms with van der Waals surface area (Å²) in [6.45, 7) is 4.53. The summed E-state index contributed by atoms with van der Waals surface area (Å²) in [6, 6.07) is 5.88. The van der Waals surface area contributed by atoms with Crippen molar-refractivity contribution in [1.82, 2.24) is 0 Å². The van der Waals surface area contributed by atoms with E-state index in [1.807, 2.05) is 0 Å². The highest BCUT2D eigenvalue weighted by Gasteiger charge is 2.44. The maximum atomic E-state index is 15.7. The van der Waals surface area contributed by atoms with E-state index >= 15 is 4.39 Å². The Balaban J connectivity index is 2.00. The lowest BCUT2D eigenvalue weighted by Gasteiger charge is -2.38. The lowest BCUT2D eigenvalue weighted by molar-refractivity contribution is -0.0474. The Labute approximate surface area is 189 Å². The number of aliphatic hydroxyl groups is 4. The first-order valence-electron chi connectivity index (χ1n) is 11.5. The molecule has 0 bridgehead atoms. The van der Waals surface area contributed by atoms with Crippen molar-refractivity contribution in [3.05, 3.63) is 41.7 Å². The molecule has 0 amide bonds. The largest absolute Gasteiger partial charge is 0.481 e. The van der Waals surface area contributed by atoms with Crippen LogP contribution in [0.1, 0.15) is 72.1 Å². The summed E-state index contributed by atoms with van der Waals surface area (Å²) in [5, 5.41) is 38.6. The van der Waals surface area contributed by atoms with Crippen LogP contribution >= 0.6 is 0 Å². The lowest BCUT2D eigenvalue weighted by Crippen LogP contribution is -2.48. The van der Waals surface area contributed by atoms with E-state index < -0.39 is 35.6 Å². The number of unbranched alkanes of at least 4 members (excludes halogenated alkanes) is 3. The number of allylic oxidation sites excluding steroid dienone is 1. The molecule has 0 radical (unpaired) electrons. The van der Waals surface area contributed by atoms with E-state index in [1.54, 1.807) is 26.0 Å². The second-order valence-corrected chi connectivity index (χ2v) is 9.55. The molecule has 7 heteroatoms. The van der Waals surface area contributed by atoms with Gasteiger partial charge in [0, 0.05) is 18.8 Å². The molecular formula is C25H38F2O5. The zero-order chi connectivity index (χ0) is 23.9.